The summed E-state index contributed by atoms with van der Waals surface area (Å²) < 4.78 is 42.6. The zero-order valence-corrected chi connectivity index (χ0v) is 9.78. The molecule has 1 aliphatic rings. The van der Waals surface area contributed by atoms with Gasteiger partial charge >= 0.3 is 6.18 Å². The molecule has 0 radical (unpaired) electrons. The van der Waals surface area contributed by atoms with E-state index < -0.39 is 17.8 Å². The van der Waals surface area contributed by atoms with Gasteiger partial charge in [0, 0.05) is 0 Å². The van der Waals surface area contributed by atoms with E-state index in [1.165, 1.54) is 12.1 Å². The minimum Gasteiger partial charge on any atom is -0.488 e. The summed E-state index contributed by atoms with van der Waals surface area (Å²) in [6, 6.07) is 4.57. The van der Waals surface area contributed by atoms with Gasteiger partial charge in [0.1, 0.15) is 11.9 Å². The molecule has 1 fully saturated rings. The molecule has 0 aliphatic heterocycles. The minimum absolute atomic E-state index is 0.310. The normalized spacial score (nSPS) is 24.9. The van der Waals surface area contributed by atoms with Crippen molar-refractivity contribution >= 4 is 0 Å². The van der Waals surface area contributed by atoms with E-state index in [4.69, 9.17) is 4.74 Å². The molecule has 0 saturated heterocycles. The van der Waals surface area contributed by atoms with Crippen molar-refractivity contribution in [2.45, 2.75) is 44.1 Å². The summed E-state index contributed by atoms with van der Waals surface area (Å²) in [7, 11) is 0. The molecule has 0 amide bonds. The second-order valence-corrected chi connectivity index (χ2v) is 4.53. The van der Waals surface area contributed by atoms with Gasteiger partial charge in [-0.3, -0.25) is 0 Å². The molecular formula is C13H15F3O2. The molecule has 5 heteroatoms. The van der Waals surface area contributed by atoms with E-state index >= 15 is 0 Å². The third-order valence-corrected chi connectivity index (χ3v) is 3.14. The first-order valence-corrected chi connectivity index (χ1v) is 5.99. The summed E-state index contributed by atoms with van der Waals surface area (Å²) in [5, 5.41) is 9.71. The lowest BCUT2D eigenvalue weighted by molar-refractivity contribution is -0.137. The SMILES string of the molecule is O[C@H]1CCCC[C@@H]1Oc1ccc(C(F)(F)F)cc1. The molecule has 1 aromatic rings. The molecule has 0 unspecified atom stereocenters. The molecule has 0 heterocycles. The number of alkyl halides is 3. The van der Waals surface area contributed by atoms with Crippen molar-refractivity contribution in [1.82, 2.24) is 0 Å². The number of benzene rings is 1. The molecule has 0 bridgehead atoms. The monoisotopic (exact) mass is 260 g/mol. The summed E-state index contributed by atoms with van der Waals surface area (Å²) >= 11 is 0. The van der Waals surface area contributed by atoms with Crippen LogP contribution in [0.3, 0.4) is 0 Å². The Morgan fingerprint density at radius 2 is 1.67 bits per heavy atom. The van der Waals surface area contributed by atoms with Crippen LogP contribution in [0.1, 0.15) is 31.2 Å². The molecule has 0 spiro atoms. The Labute approximate surface area is 103 Å². The smallest absolute Gasteiger partial charge is 0.416 e. The van der Waals surface area contributed by atoms with Crippen LogP contribution < -0.4 is 4.74 Å². The predicted octanol–water partition coefficient (Wildman–Crippen LogP) is 3.39. The summed E-state index contributed by atoms with van der Waals surface area (Å²) in [5.41, 5.74) is -0.695. The number of rotatable bonds is 2. The van der Waals surface area contributed by atoms with Crippen LogP contribution in [0.25, 0.3) is 0 Å². The number of hydrogen-bond acceptors (Lipinski definition) is 2. The standard InChI is InChI=1S/C13H15F3O2/c14-13(15,16)9-5-7-10(8-6-9)18-12-4-2-1-3-11(12)17/h5-8,11-12,17H,1-4H2/t11-,12-/m0/s1. The molecule has 1 saturated carbocycles. The Balaban J connectivity index is 2.02. The van der Waals surface area contributed by atoms with Crippen LogP contribution in [0.2, 0.25) is 0 Å². The van der Waals surface area contributed by atoms with Gasteiger partial charge in [0.05, 0.1) is 11.7 Å². The fraction of sp³-hybridized carbons (Fsp3) is 0.538. The molecule has 0 aromatic heterocycles. The highest BCUT2D eigenvalue weighted by Gasteiger charge is 2.30. The lowest BCUT2D eigenvalue weighted by atomic mass is 9.95. The zero-order chi connectivity index (χ0) is 13.2. The van der Waals surface area contributed by atoms with Gasteiger partial charge in [-0.1, -0.05) is 6.42 Å². The molecule has 18 heavy (non-hydrogen) atoms. The highest BCUT2D eigenvalue weighted by Crippen LogP contribution is 2.31. The van der Waals surface area contributed by atoms with Crippen LogP contribution in [0.5, 0.6) is 5.75 Å². The molecule has 2 rings (SSSR count). The van der Waals surface area contributed by atoms with Crippen molar-refractivity contribution in [2.75, 3.05) is 0 Å². The minimum atomic E-state index is -4.33. The number of aliphatic hydroxyl groups is 1. The second-order valence-electron chi connectivity index (χ2n) is 4.53. The van der Waals surface area contributed by atoms with Crippen LogP contribution in [-0.4, -0.2) is 17.3 Å². The summed E-state index contributed by atoms with van der Waals surface area (Å²) in [6.45, 7) is 0. The topological polar surface area (TPSA) is 29.5 Å². The molecule has 1 aromatic carbocycles. The van der Waals surface area contributed by atoms with E-state index in [9.17, 15) is 18.3 Å². The fourth-order valence-electron chi connectivity index (χ4n) is 2.11. The third kappa shape index (κ3) is 3.16. The van der Waals surface area contributed by atoms with Crippen LogP contribution in [-0.2, 0) is 6.18 Å². The average Bonchev–Trinajstić information content (AvgIpc) is 2.32. The lowest BCUT2D eigenvalue weighted by Crippen LogP contribution is -2.34. The Kier molecular flexibility index (Phi) is 3.80. The first-order valence-electron chi connectivity index (χ1n) is 5.99. The maximum atomic E-state index is 12.4. The van der Waals surface area contributed by atoms with Gasteiger partial charge in [-0.15, -0.1) is 0 Å². The van der Waals surface area contributed by atoms with Gasteiger partial charge in [-0.25, -0.2) is 0 Å². The largest absolute Gasteiger partial charge is 0.488 e. The van der Waals surface area contributed by atoms with Crippen molar-refractivity contribution in [3.05, 3.63) is 29.8 Å². The van der Waals surface area contributed by atoms with E-state index in [0.29, 0.717) is 12.2 Å². The lowest BCUT2D eigenvalue weighted by Gasteiger charge is -2.28. The zero-order valence-electron chi connectivity index (χ0n) is 9.78. The van der Waals surface area contributed by atoms with Gasteiger partial charge < -0.3 is 9.84 Å². The third-order valence-electron chi connectivity index (χ3n) is 3.14. The number of hydrogen-bond donors (Lipinski definition) is 1. The van der Waals surface area contributed by atoms with Crippen molar-refractivity contribution in [2.24, 2.45) is 0 Å². The number of aliphatic hydroxyl groups excluding tert-OH is 1. The summed E-state index contributed by atoms with van der Waals surface area (Å²) in [6.07, 6.45) is -1.80. The first-order chi connectivity index (χ1) is 8.47. The molecule has 1 aliphatic carbocycles. The highest BCUT2D eigenvalue weighted by atomic mass is 19.4. The molecule has 2 nitrogen and oxygen atoms in total. The van der Waals surface area contributed by atoms with Crippen molar-refractivity contribution in [3.63, 3.8) is 0 Å². The van der Waals surface area contributed by atoms with Gasteiger partial charge in [0.15, 0.2) is 0 Å². The molecule has 100 valence electrons. The van der Waals surface area contributed by atoms with E-state index in [0.717, 1.165) is 31.4 Å². The van der Waals surface area contributed by atoms with Gasteiger partial charge in [-0.2, -0.15) is 13.2 Å². The van der Waals surface area contributed by atoms with Crippen LogP contribution in [0, 0.1) is 0 Å². The second kappa shape index (κ2) is 5.18. The van der Waals surface area contributed by atoms with Crippen LogP contribution >= 0.6 is 0 Å². The summed E-state index contributed by atoms with van der Waals surface area (Å²) in [5.74, 6) is 0.369. The van der Waals surface area contributed by atoms with Crippen molar-refractivity contribution < 1.29 is 23.0 Å². The van der Waals surface area contributed by atoms with Crippen LogP contribution in [0.15, 0.2) is 24.3 Å². The van der Waals surface area contributed by atoms with Gasteiger partial charge in [0.2, 0.25) is 0 Å². The van der Waals surface area contributed by atoms with Crippen LogP contribution in [0.4, 0.5) is 13.2 Å². The Morgan fingerprint density at radius 3 is 2.22 bits per heavy atom. The van der Waals surface area contributed by atoms with Gasteiger partial charge in [0.25, 0.3) is 0 Å². The maximum Gasteiger partial charge on any atom is 0.416 e. The van der Waals surface area contributed by atoms with Gasteiger partial charge in [-0.05, 0) is 43.5 Å². The first kappa shape index (κ1) is 13.2. The fourth-order valence-corrected chi connectivity index (χ4v) is 2.11. The molecule has 1 N–H and O–H groups in total. The number of halogens is 3. The Bertz CT molecular complexity index is 386. The van der Waals surface area contributed by atoms with E-state index in [1.54, 1.807) is 0 Å². The van der Waals surface area contributed by atoms with Crippen molar-refractivity contribution in [3.8, 4) is 5.75 Å². The van der Waals surface area contributed by atoms with Crippen molar-refractivity contribution in [1.29, 1.82) is 0 Å². The quantitative estimate of drug-likeness (QED) is 0.883. The predicted molar refractivity (Wildman–Crippen MR) is 60.3 cm³/mol. The average molecular weight is 260 g/mol. The van der Waals surface area contributed by atoms with E-state index in [2.05, 4.69) is 0 Å². The highest BCUT2D eigenvalue weighted by molar-refractivity contribution is 5.29. The molecular weight excluding hydrogens is 245 g/mol. The Morgan fingerprint density at radius 1 is 1.06 bits per heavy atom. The maximum absolute atomic E-state index is 12.4. The Hall–Kier alpha value is -1.23. The summed E-state index contributed by atoms with van der Waals surface area (Å²) in [4.78, 5) is 0. The van der Waals surface area contributed by atoms with E-state index in [-0.39, 0.29) is 6.10 Å². The van der Waals surface area contributed by atoms with E-state index in [1.807, 2.05) is 0 Å². The molecule has 2 atom stereocenters. The number of ether oxygens (including phenoxy) is 1.